The summed E-state index contributed by atoms with van der Waals surface area (Å²) in [6, 6.07) is 3.50. The van der Waals surface area contributed by atoms with Crippen LogP contribution in [0.3, 0.4) is 0 Å². The van der Waals surface area contributed by atoms with Crippen molar-refractivity contribution in [2.75, 3.05) is 5.73 Å². The quantitative estimate of drug-likeness (QED) is 0.523. The lowest BCUT2D eigenvalue weighted by atomic mass is 10.4. The predicted octanol–water partition coefficient (Wildman–Crippen LogP) is 4.46. The average Bonchev–Trinajstić information content (AvgIpc) is 2.13. The Morgan fingerprint density at radius 2 is 1.37 bits per heavy atom. The van der Waals surface area contributed by atoms with Gasteiger partial charge in [-0.05, 0) is 81.7 Å². The standard InChI is InChI=1S/C5H6N2.C3Cl6O3/c6-5-1-3-7-4-2-5;4-2(5,6)11-1(10)12-3(7,8)9/h1-4H,(H2,6,7);. The van der Waals surface area contributed by atoms with E-state index in [0.717, 1.165) is 5.69 Å². The van der Waals surface area contributed by atoms with E-state index < -0.39 is 14.1 Å². The molecular formula is C8H6Cl6N2O3. The number of hydrogen-bond acceptors (Lipinski definition) is 5. The summed E-state index contributed by atoms with van der Waals surface area (Å²) in [5.74, 6) is 0. The van der Waals surface area contributed by atoms with E-state index >= 15 is 0 Å². The van der Waals surface area contributed by atoms with Crippen molar-refractivity contribution in [3.8, 4) is 0 Å². The van der Waals surface area contributed by atoms with E-state index in [0.29, 0.717) is 0 Å². The molecular weight excluding hydrogens is 385 g/mol. The summed E-state index contributed by atoms with van der Waals surface area (Å²) >= 11 is 30.2. The number of halogens is 6. The lowest BCUT2D eigenvalue weighted by Gasteiger charge is -2.15. The second-order valence-electron chi connectivity index (χ2n) is 2.63. The molecule has 0 unspecified atom stereocenters. The molecule has 1 rings (SSSR count). The number of alkyl halides is 6. The summed E-state index contributed by atoms with van der Waals surface area (Å²) in [4.78, 5) is 14.3. The van der Waals surface area contributed by atoms with Crippen LogP contribution in [0.2, 0.25) is 0 Å². The first-order valence-corrected chi connectivity index (χ1v) is 6.47. The Kier molecular flexibility index (Phi) is 8.27. The normalized spacial score (nSPS) is 11.1. The molecule has 0 bridgehead atoms. The molecule has 0 aliphatic carbocycles. The van der Waals surface area contributed by atoms with Crippen LogP contribution in [0.25, 0.3) is 0 Å². The maximum Gasteiger partial charge on any atom is 0.515 e. The fourth-order valence-electron chi connectivity index (χ4n) is 0.573. The van der Waals surface area contributed by atoms with E-state index in [1.165, 1.54) is 0 Å². The van der Waals surface area contributed by atoms with Crippen LogP contribution in [0, 0.1) is 0 Å². The van der Waals surface area contributed by atoms with Gasteiger partial charge >= 0.3 is 14.1 Å². The minimum atomic E-state index is -2.24. The molecule has 1 aromatic rings. The van der Waals surface area contributed by atoms with Crippen molar-refractivity contribution < 1.29 is 14.3 Å². The Morgan fingerprint density at radius 1 is 1.00 bits per heavy atom. The molecule has 1 aromatic heterocycles. The highest BCUT2D eigenvalue weighted by molar-refractivity contribution is 6.67. The largest absolute Gasteiger partial charge is 0.515 e. The van der Waals surface area contributed by atoms with Crippen LogP contribution in [0.4, 0.5) is 10.5 Å². The van der Waals surface area contributed by atoms with Gasteiger partial charge in [0.05, 0.1) is 0 Å². The van der Waals surface area contributed by atoms with Crippen molar-refractivity contribution in [1.82, 2.24) is 4.98 Å². The molecule has 0 aliphatic heterocycles. The molecule has 0 radical (unpaired) electrons. The number of nitrogens with two attached hydrogens (primary N) is 1. The number of carbonyl (C=O) groups is 1. The second-order valence-corrected chi connectivity index (χ2v) is 6.98. The summed E-state index contributed by atoms with van der Waals surface area (Å²) in [5, 5.41) is 0. The molecule has 5 nitrogen and oxygen atoms in total. The van der Waals surface area contributed by atoms with Crippen LogP contribution in [0.1, 0.15) is 0 Å². The first-order chi connectivity index (χ1) is 8.49. The Hall–Kier alpha value is -0.0400. The molecule has 0 aromatic carbocycles. The van der Waals surface area contributed by atoms with Crippen LogP contribution >= 0.6 is 69.6 Å². The molecule has 108 valence electrons. The third-order valence-electron chi connectivity index (χ3n) is 1.10. The Labute approximate surface area is 138 Å². The van der Waals surface area contributed by atoms with E-state index in [4.69, 9.17) is 75.3 Å². The first-order valence-electron chi connectivity index (χ1n) is 4.20. The van der Waals surface area contributed by atoms with Gasteiger partial charge in [0, 0.05) is 18.1 Å². The van der Waals surface area contributed by atoms with Gasteiger partial charge in [0.25, 0.3) is 0 Å². The Bertz CT molecular complexity index is 374. The molecule has 19 heavy (non-hydrogen) atoms. The maximum atomic E-state index is 10.5. The highest BCUT2D eigenvalue weighted by Crippen LogP contribution is 2.32. The molecule has 0 saturated carbocycles. The highest BCUT2D eigenvalue weighted by atomic mass is 35.6. The van der Waals surface area contributed by atoms with Gasteiger partial charge in [-0.1, -0.05) is 0 Å². The zero-order valence-electron chi connectivity index (χ0n) is 8.83. The van der Waals surface area contributed by atoms with Crippen LogP contribution in [0.15, 0.2) is 24.5 Å². The Morgan fingerprint density at radius 3 is 1.58 bits per heavy atom. The van der Waals surface area contributed by atoms with Crippen molar-refractivity contribution in [3.63, 3.8) is 0 Å². The number of hydrogen-bond donors (Lipinski definition) is 1. The lowest BCUT2D eigenvalue weighted by molar-refractivity contribution is 0.0508. The average molecular weight is 391 g/mol. The number of carbonyl (C=O) groups excluding carboxylic acids is 1. The number of nitrogens with zero attached hydrogens (tertiary/aromatic N) is 1. The fraction of sp³-hybridized carbons (Fsp3) is 0.250. The van der Waals surface area contributed by atoms with E-state index in [1.54, 1.807) is 24.5 Å². The molecule has 0 saturated heterocycles. The van der Waals surface area contributed by atoms with E-state index in [-0.39, 0.29) is 0 Å². The molecule has 0 spiro atoms. The van der Waals surface area contributed by atoms with Crippen LogP contribution in [-0.4, -0.2) is 19.1 Å². The molecule has 11 heteroatoms. The van der Waals surface area contributed by atoms with Gasteiger partial charge in [-0.25, -0.2) is 4.79 Å². The van der Waals surface area contributed by atoms with Crippen molar-refractivity contribution in [2.24, 2.45) is 0 Å². The lowest BCUT2D eigenvalue weighted by Crippen LogP contribution is -2.22. The number of rotatable bonds is 0. The van der Waals surface area contributed by atoms with Gasteiger partial charge in [0.15, 0.2) is 0 Å². The van der Waals surface area contributed by atoms with Crippen molar-refractivity contribution >= 4 is 81.4 Å². The fourth-order valence-corrected chi connectivity index (χ4v) is 0.951. The molecule has 1 heterocycles. The first kappa shape index (κ1) is 19.0. The third kappa shape index (κ3) is 14.2. The summed E-state index contributed by atoms with van der Waals surface area (Å²) in [6.07, 6.45) is 1.92. The van der Waals surface area contributed by atoms with Crippen molar-refractivity contribution in [1.29, 1.82) is 0 Å². The molecule has 0 amide bonds. The number of pyridine rings is 1. The van der Waals surface area contributed by atoms with Gasteiger partial charge in [-0.3, -0.25) is 4.98 Å². The maximum absolute atomic E-state index is 10.5. The van der Waals surface area contributed by atoms with E-state index in [1.807, 2.05) is 0 Å². The summed E-state index contributed by atoms with van der Waals surface area (Å²) in [5.41, 5.74) is 6.08. The third-order valence-corrected chi connectivity index (χ3v) is 1.57. The monoisotopic (exact) mass is 388 g/mol. The SMILES string of the molecule is Nc1ccncc1.O=C(OC(Cl)(Cl)Cl)OC(Cl)(Cl)Cl. The number of ether oxygens (including phenoxy) is 2. The zero-order valence-corrected chi connectivity index (χ0v) is 13.4. The Balaban J connectivity index is 0.000000388. The molecule has 0 fully saturated rings. The van der Waals surface area contributed by atoms with Crippen molar-refractivity contribution in [2.45, 2.75) is 7.96 Å². The smallest absolute Gasteiger partial charge is 0.399 e. The minimum Gasteiger partial charge on any atom is -0.399 e. The molecule has 0 aliphatic rings. The number of anilines is 1. The van der Waals surface area contributed by atoms with E-state index in [2.05, 4.69) is 14.5 Å². The van der Waals surface area contributed by atoms with Gasteiger partial charge < -0.3 is 15.2 Å². The highest BCUT2D eigenvalue weighted by Gasteiger charge is 2.32. The number of nitrogen functional groups attached to an aromatic ring is 1. The van der Waals surface area contributed by atoms with Crippen LogP contribution < -0.4 is 5.73 Å². The van der Waals surface area contributed by atoms with E-state index in [9.17, 15) is 4.79 Å². The number of aromatic nitrogens is 1. The van der Waals surface area contributed by atoms with Crippen molar-refractivity contribution in [3.05, 3.63) is 24.5 Å². The van der Waals surface area contributed by atoms with Crippen LogP contribution in [-0.2, 0) is 9.47 Å². The molecule has 0 atom stereocenters. The van der Waals surface area contributed by atoms with Crippen LogP contribution in [0.5, 0.6) is 0 Å². The second kappa shape index (κ2) is 8.29. The predicted molar refractivity (Wildman–Crippen MR) is 76.8 cm³/mol. The van der Waals surface area contributed by atoms with Gasteiger partial charge in [0.2, 0.25) is 0 Å². The summed E-state index contributed by atoms with van der Waals surface area (Å²) in [6.45, 7) is 0. The van der Waals surface area contributed by atoms with Gasteiger partial charge in [-0.15, -0.1) is 0 Å². The molecule has 2 N–H and O–H groups in total. The van der Waals surface area contributed by atoms with Gasteiger partial charge in [-0.2, -0.15) is 0 Å². The topological polar surface area (TPSA) is 74.4 Å². The summed E-state index contributed by atoms with van der Waals surface area (Å²) < 4.78 is 3.50. The van der Waals surface area contributed by atoms with Gasteiger partial charge in [0.1, 0.15) is 0 Å². The summed E-state index contributed by atoms with van der Waals surface area (Å²) in [7, 11) is 0. The minimum absolute atomic E-state index is 0.759. The zero-order chi connectivity index (χ0) is 15.1.